The average molecular weight is 267 g/mol. The van der Waals surface area contributed by atoms with Gasteiger partial charge in [0.2, 0.25) is 0 Å². The van der Waals surface area contributed by atoms with E-state index in [0.29, 0.717) is 5.56 Å². The van der Waals surface area contributed by atoms with Crippen molar-refractivity contribution in [2.24, 2.45) is 0 Å². The molecule has 0 aliphatic carbocycles. The summed E-state index contributed by atoms with van der Waals surface area (Å²) in [6, 6.07) is 5.31. The number of carboxylic acid groups (broad SMARTS) is 1. The third kappa shape index (κ3) is 2.75. The lowest BCUT2D eigenvalue weighted by molar-refractivity contribution is 0.0691. The molecule has 0 unspecified atom stereocenters. The lowest BCUT2D eigenvalue weighted by Crippen LogP contribution is -2.05. The van der Waals surface area contributed by atoms with E-state index in [0.717, 1.165) is 0 Å². The highest BCUT2D eigenvalue weighted by Gasteiger charge is 2.20. The Morgan fingerprint density at radius 2 is 2.00 bits per heavy atom. The maximum absolute atomic E-state index is 12.9. The summed E-state index contributed by atoms with van der Waals surface area (Å²) in [5.74, 6) is -1.66. The number of aromatic carboxylic acids is 1. The first-order valence-electron chi connectivity index (χ1n) is 5.62. The Bertz CT molecular complexity index is 581. The standard InChI is InChI=1S/C12H11F2N3O2/c13-6-1-7-17-11(10(12(18)19)15-16-17)8-2-4-9(14)5-3-8/h2-5H,1,6-7H2,(H,18,19). The van der Waals surface area contributed by atoms with Gasteiger partial charge in [0.25, 0.3) is 0 Å². The minimum atomic E-state index is -1.23. The molecule has 1 heterocycles. The van der Waals surface area contributed by atoms with Crippen molar-refractivity contribution in [1.82, 2.24) is 15.0 Å². The highest BCUT2D eigenvalue weighted by Crippen LogP contribution is 2.23. The molecule has 0 radical (unpaired) electrons. The Kier molecular flexibility index (Phi) is 3.84. The number of hydrogen-bond acceptors (Lipinski definition) is 3. The predicted octanol–water partition coefficient (Wildman–Crippen LogP) is 2.14. The molecule has 0 aliphatic rings. The second-order valence-corrected chi connectivity index (χ2v) is 3.86. The highest BCUT2D eigenvalue weighted by atomic mass is 19.1. The Balaban J connectivity index is 2.47. The number of halogens is 2. The van der Waals surface area contributed by atoms with Crippen LogP contribution in [0.15, 0.2) is 24.3 Å². The molecule has 1 N–H and O–H groups in total. The van der Waals surface area contributed by atoms with Crippen molar-refractivity contribution in [3.05, 3.63) is 35.8 Å². The van der Waals surface area contributed by atoms with Crippen LogP contribution in [0.1, 0.15) is 16.9 Å². The zero-order valence-corrected chi connectivity index (χ0v) is 9.88. The quantitative estimate of drug-likeness (QED) is 0.901. The molecule has 0 bridgehead atoms. The van der Waals surface area contributed by atoms with E-state index in [1.165, 1.54) is 28.9 Å². The number of benzene rings is 1. The van der Waals surface area contributed by atoms with Gasteiger partial charge in [-0.25, -0.2) is 13.9 Å². The van der Waals surface area contributed by atoms with Crippen molar-refractivity contribution in [2.75, 3.05) is 6.67 Å². The highest BCUT2D eigenvalue weighted by molar-refractivity contribution is 5.92. The number of alkyl halides is 1. The molecule has 0 atom stereocenters. The van der Waals surface area contributed by atoms with E-state index in [1.807, 2.05) is 0 Å². The van der Waals surface area contributed by atoms with Crippen molar-refractivity contribution in [2.45, 2.75) is 13.0 Å². The Labute approximate surface area is 107 Å². The lowest BCUT2D eigenvalue weighted by atomic mass is 10.1. The van der Waals surface area contributed by atoms with Gasteiger partial charge in [0.05, 0.1) is 6.67 Å². The molecule has 0 amide bonds. The molecular weight excluding hydrogens is 256 g/mol. The fourth-order valence-electron chi connectivity index (χ4n) is 1.72. The molecule has 0 spiro atoms. The smallest absolute Gasteiger partial charge is 0.358 e. The third-order valence-corrected chi connectivity index (χ3v) is 2.56. The first kappa shape index (κ1) is 13.1. The molecule has 0 saturated carbocycles. The van der Waals surface area contributed by atoms with Crippen molar-refractivity contribution >= 4 is 5.97 Å². The summed E-state index contributed by atoms with van der Waals surface area (Å²) >= 11 is 0. The average Bonchev–Trinajstić information content (AvgIpc) is 2.81. The van der Waals surface area contributed by atoms with Gasteiger partial charge in [-0.2, -0.15) is 0 Å². The molecule has 19 heavy (non-hydrogen) atoms. The van der Waals surface area contributed by atoms with Gasteiger partial charge in [-0.1, -0.05) is 5.21 Å². The van der Waals surface area contributed by atoms with Gasteiger partial charge < -0.3 is 5.11 Å². The number of aryl methyl sites for hydroxylation is 1. The molecular formula is C12H11F2N3O2. The molecule has 7 heteroatoms. The number of carboxylic acids is 1. The molecule has 100 valence electrons. The summed E-state index contributed by atoms with van der Waals surface area (Å²) in [7, 11) is 0. The second kappa shape index (κ2) is 5.55. The van der Waals surface area contributed by atoms with Gasteiger partial charge in [-0.15, -0.1) is 5.10 Å². The fourth-order valence-corrected chi connectivity index (χ4v) is 1.72. The van der Waals surface area contributed by atoms with E-state index in [-0.39, 0.29) is 24.4 Å². The summed E-state index contributed by atoms with van der Waals surface area (Å²) in [6.45, 7) is -0.325. The molecule has 1 aromatic carbocycles. The molecule has 0 saturated heterocycles. The summed E-state index contributed by atoms with van der Waals surface area (Å²) < 4.78 is 26.4. The van der Waals surface area contributed by atoms with Crippen LogP contribution in [0.2, 0.25) is 0 Å². The van der Waals surface area contributed by atoms with Crippen LogP contribution in [0, 0.1) is 5.82 Å². The topological polar surface area (TPSA) is 68.0 Å². The van der Waals surface area contributed by atoms with Crippen LogP contribution in [-0.2, 0) is 6.54 Å². The van der Waals surface area contributed by atoms with Crippen LogP contribution < -0.4 is 0 Å². The summed E-state index contributed by atoms with van der Waals surface area (Å²) in [6.07, 6.45) is 0.205. The Morgan fingerprint density at radius 3 is 2.58 bits per heavy atom. The number of nitrogens with zero attached hydrogens (tertiary/aromatic N) is 3. The maximum Gasteiger partial charge on any atom is 0.358 e. The van der Waals surface area contributed by atoms with Crippen molar-refractivity contribution < 1.29 is 18.7 Å². The van der Waals surface area contributed by atoms with E-state index >= 15 is 0 Å². The van der Waals surface area contributed by atoms with E-state index < -0.39 is 18.5 Å². The lowest BCUT2D eigenvalue weighted by Gasteiger charge is -2.06. The number of aromatic nitrogens is 3. The van der Waals surface area contributed by atoms with E-state index in [1.54, 1.807) is 0 Å². The monoisotopic (exact) mass is 267 g/mol. The SMILES string of the molecule is O=C(O)c1nnn(CCCF)c1-c1ccc(F)cc1. The van der Waals surface area contributed by atoms with Crippen LogP contribution in [0.3, 0.4) is 0 Å². The van der Waals surface area contributed by atoms with Crippen molar-refractivity contribution in [3.8, 4) is 11.3 Å². The Hall–Kier alpha value is -2.31. The molecule has 0 aliphatic heterocycles. The van der Waals surface area contributed by atoms with Gasteiger partial charge in [0.1, 0.15) is 11.5 Å². The van der Waals surface area contributed by atoms with Gasteiger partial charge in [0, 0.05) is 12.1 Å². The third-order valence-electron chi connectivity index (χ3n) is 2.56. The maximum atomic E-state index is 12.9. The minimum absolute atomic E-state index is 0.205. The molecule has 2 rings (SSSR count). The summed E-state index contributed by atoms with van der Waals surface area (Å²) in [5, 5.41) is 16.3. The number of carbonyl (C=O) groups is 1. The van der Waals surface area contributed by atoms with Crippen LogP contribution in [0.25, 0.3) is 11.3 Å². The van der Waals surface area contributed by atoms with Crippen LogP contribution in [-0.4, -0.2) is 32.7 Å². The van der Waals surface area contributed by atoms with Crippen LogP contribution in [0.4, 0.5) is 8.78 Å². The van der Waals surface area contributed by atoms with Gasteiger partial charge >= 0.3 is 5.97 Å². The zero-order valence-electron chi connectivity index (χ0n) is 9.88. The largest absolute Gasteiger partial charge is 0.476 e. The van der Waals surface area contributed by atoms with Gasteiger partial charge in [-0.3, -0.25) is 4.39 Å². The van der Waals surface area contributed by atoms with Gasteiger partial charge in [-0.05, 0) is 30.7 Å². The Morgan fingerprint density at radius 1 is 1.32 bits per heavy atom. The summed E-state index contributed by atoms with van der Waals surface area (Å²) in [4.78, 5) is 11.1. The van der Waals surface area contributed by atoms with E-state index in [4.69, 9.17) is 5.11 Å². The second-order valence-electron chi connectivity index (χ2n) is 3.86. The van der Waals surface area contributed by atoms with E-state index in [9.17, 15) is 13.6 Å². The predicted molar refractivity (Wildman–Crippen MR) is 63.0 cm³/mol. The van der Waals surface area contributed by atoms with Crippen molar-refractivity contribution in [1.29, 1.82) is 0 Å². The zero-order chi connectivity index (χ0) is 13.8. The normalized spacial score (nSPS) is 10.6. The minimum Gasteiger partial charge on any atom is -0.476 e. The first-order chi connectivity index (χ1) is 9.13. The molecule has 1 aromatic heterocycles. The molecule has 5 nitrogen and oxygen atoms in total. The molecule has 2 aromatic rings. The van der Waals surface area contributed by atoms with Crippen molar-refractivity contribution in [3.63, 3.8) is 0 Å². The van der Waals surface area contributed by atoms with E-state index in [2.05, 4.69) is 10.3 Å². The first-order valence-corrected chi connectivity index (χ1v) is 5.62. The fraction of sp³-hybridized carbons (Fsp3) is 0.250. The van der Waals surface area contributed by atoms with Crippen LogP contribution in [0.5, 0.6) is 0 Å². The van der Waals surface area contributed by atoms with Crippen LogP contribution >= 0.6 is 0 Å². The summed E-state index contributed by atoms with van der Waals surface area (Å²) in [5.41, 5.74) is 0.495. The van der Waals surface area contributed by atoms with Gasteiger partial charge in [0.15, 0.2) is 5.69 Å². The number of hydrogen-bond donors (Lipinski definition) is 1. The molecule has 0 fully saturated rings. The number of rotatable bonds is 5.